The van der Waals surface area contributed by atoms with Crippen LogP contribution < -0.4 is 5.56 Å². The summed E-state index contributed by atoms with van der Waals surface area (Å²) in [4.78, 5) is 23.4. The van der Waals surface area contributed by atoms with E-state index >= 15 is 0 Å². The first-order valence-electron chi connectivity index (χ1n) is 7.91. The molecular formula is C19H14N4O2S. The summed E-state index contributed by atoms with van der Waals surface area (Å²) in [6.07, 6.45) is 4.86. The topological polar surface area (TPSA) is 83.3 Å². The van der Waals surface area contributed by atoms with Crippen LogP contribution in [0.25, 0.3) is 17.3 Å². The highest BCUT2D eigenvalue weighted by molar-refractivity contribution is 7.71. The number of aromatic amines is 1. The van der Waals surface area contributed by atoms with Crippen molar-refractivity contribution in [2.45, 2.75) is 6.92 Å². The quantitative estimate of drug-likeness (QED) is 0.683. The molecule has 4 rings (SSSR count). The monoisotopic (exact) mass is 362 g/mol. The SMILES string of the molecule is Cc1ccc(-n2c(O)c(/C=C3/C=Nc4ncccc43)c(=O)[nH]c2=S)cc1. The lowest BCUT2D eigenvalue weighted by molar-refractivity contribution is 0.432. The number of aromatic nitrogens is 3. The van der Waals surface area contributed by atoms with Crippen LogP contribution in [0.3, 0.4) is 0 Å². The minimum absolute atomic E-state index is 0.109. The van der Waals surface area contributed by atoms with Gasteiger partial charge in [0.2, 0.25) is 5.88 Å². The summed E-state index contributed by atoms with van der Waals surface area (Å²) in [6.45, 7) is 1.97. The van der Waals surface area contributed by atoms with Gasteiger partial charge < -0.3 is 5.11 Å². The molecule has 0 saturated heterocycles. The fourth-order valence-electron chi connectivity index (χ4n) is 2.80. The summed E-state index contributed by atoms with van der Waals surface area (Å²) in [5, 5.41) is 10.8. The Morgan fingerprint density at radius 1 is 1.23 bits per heavy atom. The van der Waals surface area contributed by atoms with E-state index in [9.17, 15) is 9.90 Å². The van der Waals surface area contributed by atoms with E-state index in [2.05, 4.69) is 15.0 Å². The number of benzene rings is 1. The van der Waals surface area contributed by atoms with E-state index in [0.717, 1.165) is 11.1 Å². The maximum absolute atomic E-state index is 12.4. The number of pyridine rings is 1. The van der Waals surface area contributed by atoms with Gasteiger partial charge in [-0.25, -0.2) is 9.98 Å². The zero-order chi connectivity index (χ0) is 18.3. The first-order chi connectivity index (χ1) is 12.5. The summed E-state index contributed by atoms with van der Waals surface area (Å²) in [5.41, 5.74) is 2.89. The molecule has 0 unspecified atom stereocenters. The number of aryl methyl sites for hydroxylation is 1. The van der Waals surface area contributed by atoms with Crippen molar-refractivity contribution in [2.75, 3.05) is 0 Å². The summed E-state index contributed by atoms with van der Waals surface area (Å²) in [5.74, 6) is 0.363. The van der Waals surface area contributed by atoms with Gasteiger partial charge in [-0.15, -0.1) is 0 Å². The van der Waals surface area contributed by atoms with Crippen molar-refractivity contribution >= 4 is 35.9 Å². The van der Waals surface area contributed by atoms with Crippen LogP contribution in [0.5, 0.6) is 5.88 Å². The molecular weight excluding hydrogens is 348 g/mol. The van der Waals surface area contributed by atoms with Crippen LogP contribution in [0.15, 0.2) is 52.4 Å². The first kappa shape index (κ1) is 16.2. The Balaban J connectivity index is 1.91. The van der Waals surface area contributed by atoms with Gasteiger partial charge in [0.25, 0.3) is 5.56 Å². The normalized spacial score (nSPS) is 14.0. The molecule has 3 heterocycles. The van der Waals surface area contributed by atoms with Crippen molar-refractivity contribution in [3.05, 3.63) is 74.4 Å². The third-order valence-corrected chi connectivity index (χ3v) is 4.42. The summed E-state index contributed by atoms with van der Waals surface area (Å²) in [6, 6.07) is 11.1. The summed E-state index contributed by atoms with van der Waals surface area (Å²) >= 11 is 5.24. The van der Waals surface area contributed by atoms with Gasteiger partial charge in [-0.3, -0.25) is 14.3 Å². The number of nitrogens with one attached hydrogen (secondary N) is 1. The van der Waals surface area contributed by atoms with Gasteiger partial charge in [-0.05, 0) is 49.5 Å². The van der Waals surface area contributed by atoms with E-state index in [1.54, 1.807) is 24.6 Å². The predicted molar refractivity (Wildman–Crippen MR) is 104 cm³/mol. The standard InChI is InChI=1S/C19H14N4O2S/c1-11-4-6-13(7-5-11)23-18(25)15(17(24)22-19(23)26)9-12-10-21-16-14(12)3-2-8-20-16/h2-10,25H,1H3,(H,22,24,26)/b12-9-. The first-order valence-corrected chi connectivity index (χ1v) is 8.32. The lowest BCUT2D eigenvalue weighted by Gasteiger charge is -2.12. The Hall–Kier alpha value is -3.32. The smallest absolute Gasteiger partial charge is 0.262 e. The molecule has 1 aliphatic rings. The third-order valence-electron chi connectivity index (χ3n) is 4.14. The number of hydrogen-bond donors (Lipinski definition) is 2. The van der Waals surface area contributed by atoms with E-state index in [-0.39, 0.29) is 16.2 Å². The highest BCUT2D eigenvalue weighted by Crippen LogP contribution is 2.31. The van der Waals surface area contributed by atoms with Gasteiger partial charge in [0.15, 0.2) is 10.6 Å². The van der Waals surface area contributed by atoms with Gasteiger partial charge in [0.1, 0.15) is 5.56 Å². The number of nitrogens with zero attached hydrogens (tertiary/aromatic N) is 3. The second-order valence-electron chi connectivity index (χ2n) is 5.90. The second kappa shape index (κ2) is 6.20. The molecule has 1 aromatic carbocycles. The number of allylic oxidation sites excluding steroid dienone is 1. The van der Waals surface area contributed by atoms with Gasteiger partial charge >= 0.3 is 0 Å². The molecule has 0 radical (unpaired) electrons. The Morgan fingerprint density at radius 3 is 2.77 bits per heavy atom. The van der Waals surface area contributed by atoms with Crippen molar-refractivity contribution in [3.63, 3.8) is 0 Å². The molecule has 2 N–H and O–H groups in total. The highest BCUT2D eigenvalue weighted by Gasteiger charge is 2.17. The van der Waals surface area contributed by atoms with E-state index in [4.69, 9.17) is 12.2 Å². The molecule has 6 nitrogen and oxygen atoms in total. The fraction of sp³-hybridized carbons (Fsp3) is 0.0526. The largest absolute Gasteiger partial charge is 0.494 e. The number of aliphatic imine (C=N–C) groups is 1. The lowest BCUT2D eigenvalue weighted by atomic mass is 10.1. The molecule has 0 amide bonds. The van der Waals surface area contributed by atoms with E-state index in [1.807, 2.05) is 37.3 Å². The maximum atomic E-state index is 12.4. The van der Waals surface area contributed by atoms with Crippen molar-refractivity contribution in [1.29, 1.82) is 0 Å². The third kappa shape index (κ3) is 2.68. The van der Waals surface area contributed by atoms with Crippen molar-refractivity contribution in [1.82, 2.24) is 14.5 Å². The number of fused-ring (bicyclic) bond motifs is 1. The Bertz CT molecular complexity index is 1190. The maximum Gasteiger partial charge on any atom is 0.262 e. The van der Waals surface area contributed by atoms with Crippen LogP contribution in [-0.2, 0) is 0 Å². The van der Waals surface area contributed by atoms with Crippen LogP contribution in [-0.4, -0.2) is 25.9 Å². The van der Waals surface area contributed by atoms with Crippen molar-refractivity contribution < 1.29 is 5.11 Å². The van der Waals surface area contributed by atoms with Crippen molar-refractivity contribution in [3.8, 4) is 11.6 Å². The van der Waals surface area contributed by atoms with E-state index < -0.39 is 5.56 Å². The fourth-order valence-corrected chi connectivity index (χ4v) is 3.08. The molecule has 0 aliphatic carbocycles. The summed E-state index contributed by atoms with van der Waals surface area (Å²) < 4.78 is 1.55. The molecule has 0 saturated carbocycles. The van der Waals surface area contributed by atoms with Gasteiger partial charge in [0.05, 0.1) is 5.69 Å². The summed E-state index contributed by atoms with van der Waals surface area (Å²) in [7, 11) is 0. The van der Waals surface area contributed by atoms with Gasteiger partial charge in [-0.1, -0.05) is 17.7 Å². The zero-order valence-corrected chi connectivity index (χ0v) is 14.6. The average Bonchev–Trinajstić information content (AvgIpc) is 3.03. The van der Waals surface area contributed by atoms with E-state index in [1.165, 1.54) is 4.57 Å². The Kier molecular flexibility index (Phi) is 3.85. The van der Waals surface area contributed by atoms with E-state index in [0.29, 0.717) is 17.1 Å². The lowest BCUT2D eigenvalue weighted by Crippen LogP contribution is -2.16. The second-order valence-corrected chi connectivity index (χ2v) is 6.29. The zero-order valence-electron chi connectivity index (χ0n) is 13.8. The molecule has 128 valence electrons. The van der Waals surface area contributed by atoms with Crippen molar-refractivity contribution in [2.24, 2.45) is 4.99 Å². The Labute approximate surface area is 153 Å². The Morgan fingerprint density at radius 2 is 2.00 bits per heavy atom. The molecule has 0 bridgehead atoms. The molecule has 3 aromatic rings. The number of H-pyrrole nitrogens is 1. The van der Waals surface area contributed by atoms with Crippen LogP contribution in [0, 0.1) is 11.7 Å². The molecule has 0 spiro atoms. The van der Waals surface area contributed by atoms with Crippen LogP contribution in [0.1, 0.15) is 16.7 Å². The van der Waals surface area contributed by atoms with Gasteiger partial charge in [-0.2, -0.15) is 0 Å². The highest BCUT2D eigenvalue weighted by atomic mass is 32.1. The molecule has 1 aliphatic heterocycles. The molecule has 0 fully saturated rings. The molecule has 26 heavy (non-hydrogen) atoms. The minimum atomic E-state index is -0.464. The van der Waals surface area contributed by atoms with Crippen LogP contribution in [0.4, 0.5) is 5.82 Å². The molecule has 0 atom stereocenters. The number of hydrogen-bond acceptors (Lipinski definition) is 5. The van der Waals surface area contributed by atoms with Crippen LogP contribution in [0.2, 0.25) is 0 Å². The van der Waals surface area contributed by atoms with Gasteiger partial charge in [0, 0.05) is 23.5 Å². The minimum Gasteiger partial charge on any atom is -0.494 e. The number of aromatic hydroxyl groups is 1. The molecule has 7 heteroatoms. The molecule has 2 aromatic heterocycles. The number of rotatable bonds is 2. The predicted octanol–water partition coefficient (Wildman–Crippen LogP) is 3.56. The van der Waals surface area contributed by atoms with Crippen LogP contribution >= 0.6 is 12.2 Å². The average molecular weight is 362 g/mol.